The van der Waals surface area contributed by atoms with E-state index in [0.29, 0.717) is 0 Å². The van der Waals surface area contributed by atoms with Gasteiger partial charge in [0.05, 0.1) is 0 Å². The van der Waals surface area contributed by atoms with Crippen LogP contribution in [-0.4, -0.2) is 11.6 Å². The van der Waals surface area contributed by atoms with Gasteiger partial charge in [0.25, 0.3) is 0 Å². The summed E-state index contributed by atoms with van der Waals surface area (Å²) < 4.78 is 58.5. The van der Waals surface area contributed by atoms with Crippen LogP contribution in [0.25, 0.3) is 0 Å². The van der Waals surface area contributed by atoms with Crippen molar-refractivity contribution < 1.29 is 27.1 Å². The minimum Gasteiger partial charge on any atom is -0.456 e. The van der Waals surface area contributed by atoms with Crippen LogP contribution in [0, 0.1) is 35.6 Å². The molecule has 0 atom stereocenters. The molecule has 0 unspecified atom stereocenters. The third kappa shape index (κ3) is 2.87. The highest BCUT2D eigenvalue weighted by molar-refractivity contribution is 5.90. The summed E-state index contributed by atoms with van der Waals surface area (Å²) in [7, 11) is 0. The van der Waals surface area contributed by atoms with Crippen molar-refractivity contribution in [3.05, 3.63) is 34.4 Å². The molecular formula is C13H10F4O2. The molecule has 0 saturated heterocycles. The van der Waals surface area contributed by atoms with Crippen LogP contribution in [0.15, 0.2) is 0 Å². The van der Waals surface area contributed by atoms with Gasteiger partial charge in [0.2, 0.25) is 0 Å². The molecule has 0 saturated carbocycles. The Bertz CT molecular complexity index is 551. The number of carbonyl (C=O) groups excluding carboxylic acids is 1. The van der Waals surface area contributed by atoms with E-state index in [1.54, 1.807) is 0 Å². The Hall–Kier alpha value is -2.03. The lowest BCUT2D eigenvalue weighted by Crippen LogP contribution is -2.26. The zero-order chi connectivity index (χ0) is 15.0. The van der Waals surface area contributed by atoms with Crippen molar-refractivity contribution in [2.24, 2.45) is 0 Å². The first kappa shape index (κ1) is 15.0. The van der Waals surface area contributed by atoms with Gasteiger partial charge in [-0.3, -0.25) is 0 Å². The monoisotopic (exact) mass is 274 g/mol. The van der Waals surface area contributed by atoms with E-state index in [-0.39, 0.29) is 0 Å². The maximum atomic E-state index is 13.5. The lowest BCUT2D eigenvalue weighted by atomic mass is 10.1. The first-order valence-corrected chi connectivity index (χ1v) is 5.16. The molecule has 0 spiro atoms. The van der Waals surface area contributed by atoms with Gasteiger partial charge in [-0.25, -0.2) is 22.4 Å². The van der Waals surface area contributed by atoms with Crippen LogP contribution in [0.5, 0.6) is 0 Å². The summed E-state index contributed by atoms with van der Waals surface area (Å²) in [5.74, 6) is -7.39. The average Bonchev–Trinajstić information content (AvgIpc) is 2.25. The first-order valence-electron chi connectivity index (χ1n) is 5.16. The molecule has 2 nitrogen and oxygen atoms in total. The molecule has 0 heterocycles. The summed E-state index contributed by atoms with van der Waals surface area (Å²) >= 11 is 0. The van der Waals surface area contributed by atoms with Gasteiger partial charge in [-0.15, -0.1) is 6.42 Å². The molecule has 6 heteroatoms. The largest absolute Gasteiger partial charge is 0.456 e. The number of rotatable bonds is 1. The normalized spacial score (nSPS) is 11.1. The number of hydrogen-bond acceptors (Lipinski definition) is 2. The maximum absolute atomic E-state index is 13.5. The fourth-order valence-corrected chi connectivity index (χ4v) is 1.27. The second kappa shape index (κ2) is 4.92. The third-order valence-electron chi connectivity index (χ3n) is 2.01. The van der Waals surface area contributed by atoms with Crippen molar-refractivity contribution in [3.8, 4) is 12.3 Å². The molecule has 1 aromatic carbocycles. The number of esters is 1. The van der Waals surface area contributed by atoms with Gasteiger partial charge in [0, 0.05) is 0 Å². The van der Waals surface area contributed by atoms with Crippen LogP contribution in [-0.2, 0) is 4.74 Å². The summed E-state index contributed by atoms with van der Waals surface area (Å²) in [5.41, 5.74) is -3.72. The Morgan fingerprint density at radius 2 is 1.47 bits per heavy atom. The predicted octanol–water partition coefficient (Wildman–Crippen LogP) is 3.18. The van der Waals surface area contributed by atoms with E-state index in [0.717, 1.165) is 0 Å². The van der Waals surface area contributed by atoms with Gasteiger partial charge >= 0.3 is 5.97 Å². The van der Waals surface area contributed by atoms with Crippen molar-refractivity contribution in [2.75, 3.05) is 0 Å². The predicted molar refractivity (Wildman–Crippen MR) is 59.4 cm³/mol. The fourth-order valence-electron chi connectivity index (χ4n) is 1.27. The molecule has 0 aliphatic carbocycles. The van der Waals surface area contributed by atoms with E-state index in [9.17, 15) is 22.4 Å². The van der Waals surface area contributed by atoms with Gasteiger partial charge < -0.3 is 4.74 Å². The van der Waals surface area contributed by atoms with E-state index >= 15 is 0 Å². The smallest absolute Gasteiger partial charge is 0.344 e. The first-order chi connectivity index (χ1) is 8.60. The summed E-state index contributed by atoms with van der Waals surface area (Å²) in [5, 5.41) is 0. The van der Waals surface area contributed by atoms with E-state index in [1.165, 1.54) is 26.7 Å². The topological polar surface area (TPSA) is 26.3 Å². The Morgan fingerprint density at radius 3 is 1.79 bits per heavy atom. The lowest BCUT2D eigenvalue weighted by molar-refractivity contribution is 0.00570. The molecule has 1 aromatic rings. The van der Waals surface area contributed by atoms with Gasteiger partial charge in [-0.1, -0.05) is 5.92 Å². The van der Waals surface area contributed by atoms with Crippen molar-refractivity contribution in [1.29, 1.82) is 0 Å². The van der Waals surface area contributed by atoms with E-state index in [1.807, 2.05) is 0 Å². The van der Waals surface area contributed by atoms with Crippen molar-refractivity contribution in [2.45, 2.75) is 26.4 Å². The van der Waals surface area contributed by atoms with E-state index in [4.69, 9.17) is 6.42 Å². The Balaban J connectivity index is 3.47. The van der Waals surface area contributed by atoms with Crippen LogP contribution in [0.3, 0.4) is 0 Å². The minimum atomic E-state index is -1.87. The average molecular weight is 274 g/mol. The minimum absolute atomic E-state index is 1.08. The molecular weight excluding hydrogens is 264 g/mol. The number of halogens is 4. The summed E-state index contributed by atoms with van der Waals surface area (Å²) in [6.07, 6.45) is 4.74. The maximum Gasteiger partial charge on any atom is 0.344 e. The molecule has 0 aliphatic rings. The second-order valence-electron chi connectivity index (χ2n) is 4.65. The van der Waals surface area contributed by atoms with Crippen LogP contribution in [0.1, 0.15) is 36.7 Å². The molecule has 102 valence electrons. The number of hydrogen-bond donors (Lipinski definition) is 0. The molecule has 0 bridgehead atoms. The van der Waals surface area contributed by atoms with Crippen LogP contribution >= 0.6 is 0 Å². The molecule has 0 aromatic heterocycles. The summed E-state index contributed by atoms with van der Waals surface area (Å²) in [4.78, 5) is 11.5. The SMILES string of the molecule is C#Cc1c(F)c(F)c(C(=O)OC(C)(C)C)c(F)c1F. The third-order valence-corrected chi connectivity index (χ3v) is 2.01. The molecule has 1 rings (SSSR count). The highest BCUT2D eigenvalue weighted by Crippen LogP contribution is 2.25. The van der Waals surface area contributed by atoms with E-state index in [2.05, 4.69) is 4.74 Å². The summed E-state index contributed by atoms with van der Waals surface area (Å²) in [6.45, 7) is 4.30. The van der Waals surface area contributed by atoms with Crippen molar-refractivity contribution in [3.63, 3.8) is 0 Å². The zero-order valence-electron chi connectivity index (χ0n) is 10.4. The van der Waals surface area contributed by atoms with Gasteiger partial charge in [0.1, 0.15) is 16.7 Å². The number of carbonyl (C=O) groups is 1. The fraction of sp³-hybridized carbons (Fsp3) is 0.308. The Morgan fingerprint density at radius 1 is 1.05 bits per heavy atom. The molecule has 0 N–H and O–H groups in total. The molecule has 0 aliphatic heterocycles. The molecule has 19 heavy (non-hydrogen) atoms. The van der Waals surface area contributed by atoms with Gasteiger partial charge in [-0.05, 0) is 20.8 Å². The second-order valence-corrected chi connectivity index (χ2v) is 4.65. The molecule has 0 fully saturated rings. The molecule has 0 radical (unpaired) electrons. The van der Waals surface area contributed by atoms with Crippen molar-refractivity contribution in [1.82, 2.24) is 0 Å². The van der Waals surface area contributed by atoms with Gasteiger partial charge in [-0.2, -0.15) is 0 Å². The summed E-state index contributed by atoms with van der Waals surface area (Å²) in [6, 6.07) is 0. The van der Waals surface area contributed by atoms with Crippen LogP contribution in [0.2, 0.25) is 0 Å². The number of benzene rings is 1. The molecule has 0 amide bonds. The standard InChI is InChI=1S/C13H10F4O2/c1-5-6-8(14)10(16)7(11(17)9(6)15)12(18)19-13(2,3)4/h1H,2-4H3. The number of terminal acetylenes is 1. The van der Waals surface area contributed by atoms with Crippen LogP contribution < -0.4 is 0 Å². The highest BCUT2D eigenvalue weighted by atomic mass is 19.2. The van der Waals surface area contributed by atoms with Crippen LogP contribution in [0.4, 0.5) is 17.6 Å². The number of ether oxygens (including phenoxy) is 1. The quantitative estimate of drug-likeness (QED) is 0.340. The Kier molecular flexibility index (Phi) is 3.89. The van der Waals surface area contributed by atoms with Gasteiger partial charge in [0.15, 0.2) is 23.3 Å². The lowest BCUT2D eigenvalue weighted by Gasteiger charge is -2.20. The Labute approximate surface area is 107 Å². The zero-order valence-corrected chi connectivity index (χ0v) is 10.4. The highest BCUT2D eigenvalue weighted by Gasteiger charge is 2.31. The van der Waals surface area contributed by atoms with E-state index < -0.39 is 46.0 Å². The van der Waals surface area contributed by atoms with Crippen molar-refractivity contribution >= 4 is 5.97 Å².